The number of benzene rings is 1. The second-order valence-corrected chi connectivity index (χ2v) is 7.70. The largest absolute Gasteiger partial charge is 0.480 e. The number of carboxylic acids is 1. The van der Waals surface area contributed by atoms with Crippen molar-refractivity contribution in [1.29, 1.82) is 0 Å². The summed E-state index contributed by atoms with van der Waals surface area (Å²) in [5, 5.41) is 9.50. The van der Waals surface area contributed by atoms with Crippen LogP contribution < -0.4 is 0 Å². The molecule has 1 saturated carbocycles. The average Bonchev–Trinajstić information content (AvgIpc) is 3.18. The number of hydrogen-bond acceptors (Lipinski definition) is 2. The second kappa shape index (κ2) is 14.3. The molecule has 2 unspecified atom stereocenters. The van der Waals surface area contributed by atoms with Crippen molar-refractivity contribution < 1.29 is 14.3 Å². The highest BCUT2D eigenvalue weighted by Crippen LogP contribution is 2.32. The highest BCUT2D eigenvalue weighted by molar-refractivity contribution is 5.74. The summed E-state index contributed by atoms with van der Waals surface area (Å²) in [6, 6.07) is 7.74. The molecular weight excluding hydrogens is 353 g/mol. The van der Waals surface area contributed by atoms with Crippen LogP contribution in [0.1, 0.15) is 65.7 Å². The molecule has 3 nitrogen and oxygen atoms in total. The first-order valence-corrected chi connectivity index (χ1v) is 10.8. The van der Waals surface area contributed by atoms with E-state index in [2.05, 4.69) is 11.8 Å². The molecule has 1 saturated heterocycles. The van der Waals surface area contributed by atoms with Crippen LogP contribution in [0.15, 0.2) is 42.5 Å². The monoisotopic (exact) mass is 391 g/mol. The summed E-state index contributed by atoms with van der Waals surface area (Å²) in [7, 11) is 0. The fraction of sp³-hybridized carbons (Fsp3) is 0.625. The summed E-state index contributed by atoms with van der Waals surface area (Å²) in [5.74, 6) is 0.355. The van der Waals surface area contributed by atoms with E-state index < -0.39 is 5.97 Å². The van der Waals surface area contributed by atoms with Crippen LogP contribution in [-0.4, -0.2) is 35.1 Å². The number of halogens is 1. The number of likely N-dealkylation sites (tertiary alicyclic amines) is 1. The molecule has 158 valence electrons. The number of carboxylic acid groups (broad SMARTS) is 1. The molecule has 1 N–H and O–H groups in total. The molecule has 0 bridgehead atoms. The Hall–Kier alpha value is -1.68. The molecule has 2 aliphatic rings. The van der Waals surface area contributed by atoms with Gasteiger partial charge in [-0.05, 0) is 63.6 Å². The third-order valence-electron chi connectivity index (χ3n) is 5.70. The topological polar surface area (TPSA) is 40.5 Å². The third-order valence-corrected chi connectivity index (χ3v) is 5.70. The number of rotatable bonds is 4. The van der Waals surface area contributed by atoms with Gasteiger partial charge in [0.15, 0.2) is 0 Å². The predicted molar refractivity (Wildman–Crippen MR) is 115 cm³/mol. The van der Waals surface area contributed by atoms with E-state index in [9.17, 15) is 14.3 Å². The molecule has 1 heterocycles. The van der Waals surface area contributed by atoms with Gasteiger partial charge < -0.3 is 5.11 Å². The maximum absolute atomic E-state index is 11.9. The Morgan fingerprint density at radius 1 is 1.14 bits per heavy atom. The molecular formula is C24H38FNO2. The Labute approximate surface area is 170 Å². The number of hydrogen-bond donors (Lipinski definition) is 1. The van der Waals surface area contributed by atoms with Crippen molar-refractivity contribution in [3.05, 3.63) is 48.3 Å². The zero-order valence-corrected chi connectivity index (χ0v) is 17.8. The highest BCUT2D eigenvalue weighted by Gasteiger charge is 2.37. The fourth-order valence-electron chi connectivity index (χ4n) is 3.97. The quantitative estimate of drug-likeness (QED) is 0.625. The Morgan fingerprint density at radius 3 is 2.14 bits per heavy atom. The van der Waals surface area contributed by atoms with E-state index in [1.54, 1.807) is 18.2 Å². The first-order valence-electron chi connectivity index (χ1n) is 10.8. The summed E-state index contributed by atoms with van der Waals surface area (Å²) in [4.78, 5) is 13.8. The Morgan fingerprint density at radius 2 is 1.75 bits per heavy atom. The van der Waals surface area contributed by atoms with Gasteiger partial charge in [0.1, 0.15) is 11.9 Å². The lowest BCUT2D eigenvalue weighted by Crippen LogP contribution is -2.45. The minimum Gasteiger partial charge on any atom is -0.480 e. The first-order chi connectivity index (χ1) is 13.5. The molecule has 2 atom stereocenters. The molecule has 4 heteroatoms. The van der Waals surface area contributed by atoms with Crippen LogP contribution in [0, 0.1) is 17.7 Å². The third kappa shape index (κ3) is 9.01. The van der Waals surface area contributed by atoms with Gasteiger partial charge in [0.05, 0.1) is 0 Å². The van der Waals surface area contributed by atoms with Gasteiger partial charge in [-0.25, -0.2) is 4.39 Å². The second-order valence-electron chi connectivity index (χ2n) is 7.70. The number of aliphatic carboxylic acids is 1. The van der Waals surface area contributed by atoms with Crippen molar-refractivity contribution >= 4 is 5.97 Å². The SMILES string of the molecule is C/C=C\C.CCC1CCN(C(C(=O)O)C2CCCCC2)C1.Fc1ccccc1. The van der Waals surface area contributed by atoms with E-state index in [4.69, 9.17) is 0 Å². The molecule has 1 aliphatic heterocycles. The van der Waals surface area contributed by atoms with Gasteiger partial charge >= 0.3 is 5.97 Å². The Bertz CT molecular complexity index is 551. The van der Waals surface area contributed by atoms with Gasteiger partial charge in [-0.1, -0.05) is 63.0 Å². The van der Waals surface area contributed by atoms with Gasteiger partial charge in [-0.2, -0.15) is 0 Å². The van der Waals surface area contributed by atoms with Gasteiger partial charge in [-0.3, -0.25) is 9.69 Å². The fourth-order valence-corrected chi connectivity index (χ4v) is 3.97. The van der Waals surface area contributed by atoms with E-state index in [0.717, 1.165) is 31.8 Å². The van der Waals surface area contributed by atoms with Crippen LogP contribution in [0.2, 0.25) is 0 Å². The number of nitrogens with zero attached hydrogens (tertiary/aromatic N) is 1. The van der Waals surface area contributed by atoms with Crippen LogP contribution in [0.5, 0.6) is 0 Å². The van der Waals surface area contributed by atoms with Crippen molar-refractivity contribution in [2.24, 2.45) is 11.8 Å². The standard InChI is InChI=1S/C14H25NO2.C6H5F.C4H8/c1-2-11-8-9-15(10-11)13(14(16)17)12-6-4-3-5-7-12;7-6-4-2-1-3-5-6;1-3-4-2/h11-13H,2-10H2,1H3,(H,16,17);1-5H;3-4H,1-2H3/b;;4-3-. The van der Waals surface area contributed by atoms with Crippen molar-refractivity contribution in [2.45, 2.75) is 71.8 Å². The van der Waals surface area contributed by atoms with Crippen LogP contribution >= 0.6 is 0 Å². The average molecular weight is 392 g/mol. The first kappa shape index (κ1) is 24.4. The summed E-state index contributed by atoms with van der Waals surface area (Å²) < 4.78 is 11.9. The van der Waals surface area contributed by atoms with Crippen LogP contribution in [0.3, 0.4) is 0 Å². The summed E-state index contributed by atoms with van der Waals surface area (Å²) in [6.07, 6.45) is 12.3. The molecule has 2 fully saturated rings. The van der Waals surface area contributed by atoms with E-state index in [1.165, 1.54) is 44.2 Å². The van der Waals surface area contributed by atoms with Gasteiger partial charge in [0, 0.05) is 6.54 Å². The summed E-state index contributed by atoms with van der Waals surface area (Å²) in [6.45, 7) is 8.21. The van der Waals surface area contributed by atoms with Crippen molar-refractivity contribution in [1.82, 2.24) is 4.90 Å². The molecule has 0 radical (unpaired) electrons. The van der Waals surface area contributed by atoms with Gasteiger partial charge in [-0.15, -0.1) is 0 Å². The summed E-state index contributed by atoms with van der Waals surface area (Å²) >= 11 is 0. The number of allylic oxidation sites excluding steroid dienone is 2. The lowest BCUT2D eigenvalue weighted by molar-refractivity contribution is -0.145. The molecule has 0 aromatic heterocycles. The van der Waals surface area contributed by atoms with E-state index in [1.807, 2.05) is 26.0 Å². The predicted octanol–water partition coefficient (Wildman–Crippen LogP) is 6.16. The normalized spacial score (nSPS) is 21.4. The minimum absolute atomic E-state index is 0.178. The van der Waals surface area contributed by atoms with Crippen LogP contribution in [-0.2, 0) is 4.79 Å². The van der Waals surface area contributed by atoms with Crippen molar-refractivity contribution in [2.75, 3.05) is 13.1 Å². The minimum atomic E-state index is -0.589. The van der Waals surface area contributed by atoms with Crippen LogP contribution in [0.4, 0.5) is 4.39 Å². The zero-order valence-electron chi connectivity index (χ0n) is 17.8. The van der Waals surface area contributed by atoms with E-state index in [0.29, 0.717) is 5.92 Å². The van der Waals surface area contributed by atoms with Gasteiger partial charge in [0.25, 0.3) is 0 Å². The molecule has 1 aliphatic carbocycles. The summed E-state index contributed by atoms with van der Waals surface area (Å²) in [5.41, 5.74) is 0. The van der Waals surface area contributed by atoms with E-state index >= 15 is 0 Å². The maximum atomic E-state index is 11.9. The maximum Gasteiger partial charge on any atom is 0.321 e. The molecule has 1 aromatic rings. The molecule has 0 amide bonds. The molecule has 28 heavy (non-hydrogen) atoms. The number of carbonyl (C=O) groups is 1. The van der Waals surface area contributed by atoms with Crippen molar-refractivity contribution in [3.8, 4) is 0 Å². The van der Waals surface area contributed by atoms with Gasteiger partial charge in [0.2, 0.25) is 0 Å². The zero-order chi connectivity index (χ0) is 20.8. The Balaban J connectivity index is 0.000000293. The lowest BCUT2D eigenvalue weighted by Gasteiger charge is -2.33. The van der Waals surface area contributed by atoms with Crippen LogP contribution in [0.25, 0.3) is 0 Å². The smallest absolute Gasteiger partial charge is 0.321 e. The molecule has 1 aromatic carbocycles. The van der Waals surface area contributed by atoms with Crippen molar-refractivity contribution in [3.63, 3.8) is 0 Å². The Kier molecular flexibility index (Phi) is 12.5. The molecule has 3 rings (SSSR count). The lowest BCUT2D eigenvalue weighted by atomic mass is 9.83. The highest BCUT2D eigenvalue weighted by atomic mass is 19.1. The molecule has 0 spiro atoms. The van der Waals surface area contributed by atoms with E-state index in [-0.39, 0.29) is 11.9 Å².